The fourth-order valence-corrected chi connectivity index (χ4v) is 5.27. The van der Waals surface area contributed by atoms with Gasteiger partial charge in [0.15, 0.2) is 0 Å². The van der Waals surface area contributed by atoms with Gasteiger partial charge in [-0.1, -0.05) is 45.4 Å². The van der Waals surface area contributed by atoms with Crippen molar-refractivity contribution in [3.05, 3.63) is 29.8 Å². The first-order valence-corrected chi connectivity index (χ1v) is 8.83. The van der Waals surface area contributed by atoms with Gasteiger partial charge in [-0.25, -0.2) is 0 Å². The number of rotatable bonds is 3. The van der Waals surface area contributed by atoms with Gasteiger partial charge >= 0.3 is 0 Å². The van der Waals surface area contributed by atoms with Gasteiger partial charge in [-0.2, -0.15) is 0 Å². The van der Waals surface area contributed by atoms with Crippen molar-refractivity contribution >= 4 is 11.5 Å². The summed E-state index contributed by atoms with van der Waals surface area (Å²) in [5.74, 6) is 1.15. The van der Waals surface area contributed by atoms with Gasteiger partial charge in [-0.15, -0.1) is 0 Å². The maximum absolute atomic E-state index is 12.1. The standard InChI is InChI=1S/C20H29NO/c1-5-12-20-14(2)10-11-16(15(3)22)13-19(20,4)17-8-6-7-9-18(17)21-20/h6-9,14,16,21H,5,10-13H2,1-4H3/t14?,16-,19-,20-/m0/s1. The first-order chi connectivity index (χ1) is 10.4. The van der Waals surface area contributed by atoms with Gasteiger partial charge in [0.05, 0.1) is 0 Å². The summed E-state index contributed by atoms with van der Waals surface area (Å²) < 4.78 is 0. The average molecular weight is 299 g/mol. The zero-order valence-electron chi connectivity index (χ0n) is 14.4. The van der Waals surface area contributed by atoms with Crippen molar-refractivity contribution in [1.82, 2.24) is 0 Å². The van der Waals surface area contributed by atoms with Crippen LogP contribution in [0.5, 0.6) is 0 Å². The van der Waals surface area contributed by atoms with Gasteiger partial charge in [0.25, 0.3) is 0 Å². The van der Waals surface area contributed by atoms with Gasteiger partial charge < -0.3 is 5.32 Å². The predicted molar refractivity (Wildman–Crippen MR) is 92.2 cm³/mol. The lowest BCUT2D eigenvalue weighted by Gasteiger charge is -2.47. The Morgan fingerprint density at radius 2 is 2.05 bits per heavy atom. The van der Waals surface area contributed by atoms with E-state index >= 15 is 0 Å². The molecule has 1 aliphatic carbocycles. The van der Waals surface area contributed by atoms with Gasteiger partial charge in [0, 0.05) is 22.6 Å². The molecule has 1 saturated carbocycles. The molecule has 1 N–H and O–H groups in total. The number of nitrogens with one attached hydrogen (secondary N) is 1. The number of anilines is 1. The van der Waals surface area contributed by atoms with Gasteiger partial charge in [0.1, 0.15) is 5.78 Å². The van der Waals surface area contributed by atoms with Crippen LogP contribution in [0.25, 0.3) is 0 Å². The molecule has 1 aliphatic heterocycles. The molecule has 120 valence electrons. The van der Waals surface area contributed by atoms with E-state index in [1.54, 1.807) is 6.92 Å². The maximum Gasteiger partial charge on any atom is 0.132 e. The molecule has 2 aliphatic rings. The summed E-state index contributed by atoms with van der Waals surface area (Å²) in [6.07, 6.45) is 5.51. The van der Waals surface area contributed by atoms with E-state index < -0.39 is 0 Å². The van der Waals surface area contributed by atoms with Crippen molar-refractivity contribution < 1.29 is 4.79 Å². The minimum atomic E-state index is 0.0475. The first-order valence-electron chi connectivity index (χ1n) is 8.83. The van der Waals surface area contributed by atoms with Crippen molar-refractivity contribution in [2.45, 2.75) is 70.8 Å². The lowest BCUT2D eigenvalue weighted by molar-refractivity contribution is -0.121. The Morgan fingerprint density at radius 3 is 2.73 bits per heavy atom. The Hall–Kier alpha value is -1.31. The molecule has 1 unspecified atom stereocenters. The van der Waals surface area contributed by atoms with E-state index in [1.807, 2.05) is 0 Å². The smallest absolute Gasteiger partial charge is 0.132 e. The van der Waals surface area contributed by atoms with Crippen LogP contribution in [0.2, 0.25) is 0 Å². The van der Waals surface area contributed by atoms with Crippen molar-refractivity contribution in [3.8, 4) is 0 Å². The van der Waals surface area contributed by atoms with E-state index in [0.29, 0.717) is 11.7 Å². The summed E-state index contributed by atoms with van der Waals surface area (Å²) in [6.45, 7) is 8.84. The molecule has 0 spiro atoms. The summed E-state index contributed by atoms with van der Waals surface area (Å²) >= 11 is 0. The molecule has 1 aromatic carbocycles. The van der Waals surface area contributed by atoms with E-state index in [1.165, 1.54) is 24.1 Å². The molecule has 22 heavy (non-hydrogen) atoms. The molecule has 1 heterocycles. The highest BCUT2D eigenvalue weighted by molar-refractivity contribution is 5.79. The number of carbonyl (C=O) groups is 1. The summed E-state index contributed by atoms with van der Waals surface area (Å²) in [7, 11) is 0. The van der Waals surface area contributed by atoms with Crippen LogP contribution in [-0.4, -0.2) is 11.3 Å². The van der Waals surface area contributed by atoms with Crippen molar-refractivity contribution in [2.24, 2.45) is 11.8 Å². The number of carbonyl (C=O) groups excluding carboxylic acids is 1. The summed E-state index contributed by atoms with van der Waals surface area (Å²) in [6, 6.07) is 8.75. The minimum absolute atomic E-state index is 0.0475. The van der Waals surface area contributed by atoms with E-state index in [2.05, 4.69) is 50.4 Å². The highest BCUT2D eigenvalue weighted by Crippen LogP contribution is 2.58. The molecular formula is C20H29NO. The minimum Gasteiger partial charge on any atom is -0.378 e. The first kappa shape index (κ1) is 15.6. The van der Waals surface area contributed by atoms with Crippen molar-refractivity contribution in [3.63, 3.8) is 0 Å². The normalized spacial score (nSPS) is 36.9. The summed E-state index contributed by atoms with van der Waals surface area (Å²) in [5, 5.41) is 3.93. The third-order valence-corrected chi connectivity index (χ3v) is 6.53. The maximum atomic E-state index is 12.1. The van der Waals surface area contributed by atoms with Crippen LogP contribution in [-0.2, 0) is 10.2 Å². The van der Waals surface area contributed by atoms with Crippen LogP contribution >= 0.6 is 0 Å². The van der Waals surface area contributed by atoms with Crippen LogP contribution in [0, 0.1) is 11.8 Å². The van der Waals surface area contributed by atoms with Crippen LogP contribution < -0.4 is 5.32 Å². The second-order valence-electron chi connectivity index (χ2n) is 7.71. The number of para-hydroxylation sites is 1. The Morgan fingerprint density at radius 1 is 1.32 bits per heavy atom. The average Bonchev–Trinajstić information content (AvgIpc) is 2.67. The van der Waals surface area contributed by atoms with Gasteiger partial charge in [-0.05, 0) is 50.2 Å². The van der Waals surface area contributed by atoms with Crippen molar-refractivity contribution in [2.75, 3.05) is 5.32 Å². The molecule has 3 rings (SSSR count). The largest absolute Gasteiger partial charge is 0.378 e. The SMILES string of the molecule is CCC[C@@]12Nc3ccccc3[C@]1(C)C[C@@H](C(C)=O)CCC2C. The van der Waals surface area contributed by atoms with E-state index in [0.717, 1.165) is 19.3 Å². The third-order valence-electron chi connectivity index (χ3n) is 6.53. The van der Waals surface area contributed by atoms with Gasteiger partial charge in [-0.3, -0.25) is 4.79 Å². The Bertz CT molecular complexity index is 581. The quantitative estimate of drug-likeness (QED) is 0.857. The number of benzene rings is 1. The fourth-order valence-electron chi connectivity index (χ4n) is 5.27. The van der Waals surface area contributed by atoms with E-state index in [9.17, 15) is 4.79 Å². The Balaban J connectivity index is 2.15. The lowest BCUT2D eigenvalue weighted by atomic mass is 9.60. The molecule has 0 amide bonds. The van der Waals surface area contributed by atoms with Crippen LogP contribution in [0.3, 0.4) is 0 Å². The van der Waals surface area contributed by atoms with Crippen LogP contribution in [0.4, 0.5) is 5.69 Å². The van der Waals surface area contributed by atoms with Crippen LogP contribution in [0.15, 0.2) is 24.3 Å². The molecule has 0 aromatic heterocycles. The van der Waals surface area contributed by atoms with E-state index in [-0.39, 0.29) is 16.9 Å². The van der Waals surface area contributed by atoms with Crippen molar-refractivity contribution in [1.29, 1.82) is 0 Å². The summed E-state index contributed by atoms with van der Waals surface area (Å²) in [5.41, 5.74) is 2.85. The zero-order chi connectivity index (χ0) is 16.0. The molecule has 1 fully saturated rings. The Kier molecular flexibility index (Phi) is 3.82. The van der Waals surface area contributed by atoms with E-state index in [4.69, 9.17) is 0 Å². The molecule has 2 nitrogen and oxygen atoms in total. The number of Topliss-reactive ketones (excluding diaryl/α,β-unsaturated/α-hetero) is 1. The zero-order valence-corrected chi connectivity index (χ0v) is 14.4. The molecule has 0 radical (unpaired) electrons. The highest BCUT2D eigenvalue weighted by Gasteiger charge is 2.58. The number of ketones is 1. The molecule has 1 aromatic rings. The topological polar surface area (TPSA) is 29.1 Å². The van der Waals surface area contributed by atoms with Crippen LogP contribution in [0.1, 0.15) is 65.4 Å². The highest BCUT2D eigenvalue weighted by atomic mass is 16.1. The molecular weight excluding hydrogens is 270 g/mol. The second-order valence-corrected chi connectivity index (χ2v) is 7.71. The number of hydrogen-bond donors (Lipinski definition) is 1. The van der Waals surface area contributed by atoms with Gasteiger partial charge in [0.2, 0.25) is 0 Å². The molecule has 0 bridgehead atoms. The number of fused-ring (bicyclic) bond motifs is 3. The monoisotopic (exact) mass is 299 g/mol. The number of hydrogen-bond acceptors (Lipinski definition) is 2. The summed E-state index contributed by atoms with van der Waals surface area (Å²) in [4.78, 5) is 12.1. The molecule has 4 atom stereocenters. The second kappa shape index (κ2) is 5.40. The molecule has 2 heteroatoms. The lowest BCUT2D eigenvalue weighted by Crippen LogP contribution is -2.55. The third kappa shape index (κ3) is 2.03. The predicted octanol–water partition coefficient (Wildman–Crippen LogP) is 4.93. The molecule has 0 saturated heterocycles. The Labute approximate surface area is 134 Å². The fraction of sp³-hybridized carbons (Fsp3) is 0.650.